The number of amides is 3. The number of aldehydes is 1. The molecule has 232 valence electrons. The number of phenolic OH excluding ortho intramolecular Hbond substituents is 2. The Labute approximate surface area is 250 Å². The van der Waals surface area contributed by atoms with Gasteiger partial charge in [-0.2, -0.15) is 0 Å². The number of nitrogens with one attached hydrogen (secondary N) is 3. The molecular formula is C31H40N4O8. The topological polar surface area (TPSA) is 170 Å². The summed E-state index contributed by atoms with van der Waals surface area (Å²) in [5.74, 6) is -2.27. The van der Waals surface area contributed by atoms with E-state index < -0.39 is 35.0 Å². The minimum atomic E-state index is -1.33. The number of nitrogens with zero attached hydrogens (tertiary/aromatic N) is 1. The average Bonchev–Trinajstić information content (AvgIpc) is 3.71. The van der Waals surface area contributed by atoms with Crippen LogP contribution in [0, 0.1) is 0 Å². The molecule has 2 heterocycles. The summed E-state index contributed by atoms with van der Waals surface area (Å²) in [7, 11) is 0. The average molecular weight is 597 g/mol. The van der Waals surface area contributed by atoms with E-state index in [-0.39, 0.29) is 43.2 Å². The molecule has 2 aliphatic rings. The van der Waals surface area contributed by atoms with E-state index in [2.05, 4.69) is 16.0 Å². The van der Waals surface area contributed by atoms with Crippen molar-refractivity contribution in [2.45, 2.75) is 56.3 Å². The molecule has 12 heteroatoms. The summed E-state index contributed by atoms with van der Waals surface area (Å²) in [5, 5.41) is 28.0. The van der Waals surface area contributed by atoms with Gasteiger partial charge in [-0.25, -0.2) is 0 Å². The van der Waals surface area contributed by atoms with E-state index in [1.54, 1.807) is 0 Å². The Bertz CT molecular complexity index is 1300. The molecule has 2 fully saturated rings. The largest absolute Gasteiger partial charge is 0.504 e. The molecule has 0 bridgehead atoms. The fourth-order valence-electron chi connectivity index (χ4n) is 5.20. The fourth-order valence-corrected chi connectivity index (χ4v) is 5.20. The summed E-state index contributed by atoms with van der Waals surface area (Å²) in [4.78, 5) is 54.3. The normalized spacial score (nSPS) is 21.1. The predicted octanol–water partition coefficient (Wildman–Crippen LogP) is 0.438. The monoisotopic (exact) mass is 596 g/mol. The van der Waals surface area contributed by atoms with Crippen LogP contribution in [0.25, 0.3) is 0 Å². The van der Waals surface area contributed by atoms with Crippen LogP contribution in [0.5, 0.6) is 11.5 Å². The smallest absolute Gasteiger partial charge is 0.243 e. The maximum absolute atomic E-state index is 13.9. The van der Waals surface area contributed by atoms with Gasteiger partial charge in [0.15, 0.2) is 11.5 Å². The lowest BCUT2D eigenvalue weighted by atomic mass is 9.83. The van der Waals surface area contributed by atoms with Crippen molar-refractivity contribution in [2.75, 3.05) is 39.5 Å². The summed E-state index contributed by atoms with van der Waals surface area (Å²) in [5.41, 5.74) is -0.623. The highest BCUT2D eigenvalue weighted by Crippen LogP contribution is 2.36. The molecule has 12 nitrogen and oxygen atoms in total. The van der Waals surface area contributed by atoms with E-state index in [9.17, 15) is 29.4 Å². The van der Waals surface area contributed by atoms with Crippen molar-refractivity contribution in [1.82, 2.24) is 20.9 Å². The number of phenols is 2. The molecule has 4 rings (SSSR count). The van der Waals surface area contributed by atoms with Crippen LogP contribution in [-0.2, 0) is 41.5 Å². The molecule has 4 atom stereocenters. The molecule has 2 aliphatic heterocycles. The molecule has 3 amide bonds. The highest BCUT2D eigenvalue weighted by molar-refractivity contribution is 5.93. The van der Waals surface area contributed by atoms with Crippen molar-refractivity contribution in [2.24, 2.45) is 0 Å². The Hall–Kier alpha value is -4.00. The first-order valence-corrected chi connectivity index (χ1v) is 14.4. The zero-order valence-electron chi connectivity index (χ0n) is 24.5. The predicted molar refractivity (Wildman–Crippen MR) is 156 cm³/mol. The zero-order valence-corrected chi connectivity index (χ0v) is 24.5. The van der Waals surface area contributed by atoms with E-state index in [0.717, 1.165) is 5.56 Å². The number of morpholine rings is 1. The van der Waals surface area contributed by atoms with Gasteiger partial charge in [-0.1, -0.05) is 36.4 Å². The number of rotatable bonds is 14. The van der Waals surface area contributed by atoms with Gasteiger partial charge in [0.05, 0.1) is 32.0 Å². The Morgan fingerprint density at radius 2 is 1.72 bits per heavy atom. The van der Waals surface area contributed by atoms with E-state index in [1.807, 2.05) is 42.2 Å². The summed E-state index contributed by atoms with van der Waals surface area (Å²) in [6.45, 7) is 6.23. The van der Waals surface area contributed by atoms with E-state index in [1.165, 1.54) is 25.1 Å². The number of epoxide rings is 1. The van der Waals surface area contributed by atoms with Crippen LogP contribution in [0.1, 0.15) is 31.4 Å². The van der Waals surface area contributed by atoms with Crippen LogP contribution >= 0.6 is 0 Å². The molecular weight excluding hydrogens is 556 g/mol. The highest BCUT2D eigenvalue weighted by Gasteiger charge is 2.48. The first kappa shape index (κ1) is 31.9. The molecule has 0 aliphatic carbocycles. The third kappa shape index (κ3) is 9.24. The minimum absolute atomic E-state index is 0.0616. The van der Waals surface area contributed by atoms with Crippen LogP contribution < -0.4 is 16.0 Å². The zero-order chi connectivity index (χ0) is 31.0. The van der Waals surface area contributed by atoms with Gasteiger partial charge in [-0.05, 0) is 37.1 Å². The van der Waals surface area contributed by atoms with Gasteiger partial charge in [-0.3, -0.25) is 19.3 Å². The number of hydrogen-bond acceptors (Lipinski definition) is 9. The Morgan fingerprint density at radius 1 is 1.02 bits per heavy atom. The molecule has 0 saturated carbocycles. The lowest BCUT2D eigenvalue weighted by molar-refractivity contribution is -0.133. The molecule has 0 spiro atoms. The molecule has 0 aromatic heterocycles. The molecule has 43 heavy (non-hydrogen) atoms. The Kier molecular flexibility index (Phi) is 10.4. The van der Waals surface area contributed by atoms with E-state index >= 15 is 0 Å². The number of carbonyl (C=O) groups excluding carboxylic acids is 4. The minimum Gasteiger partial charge on any atom is -0.504 e. The second kappa shape index (κ2) is 14.0. The van der Waals surface area contributed by atoms with Gasteiger partial charge in [0, 0.05) is 32.4 Å². The first-order chi connectivity index (χ1) is 20.5. The summed E-state index contributed by atoms with van der Waals surface area (Å²) in [6, 6.07) is 11.2. The van der Waals surface area contributed by atoms with Crippen LogP contribution in [0.3, 0.4) is 0 Å². The van der Waals surface area contributed by atoms with Crippen molar-refractivity contribution in [3.8, 4) is 11.5 Å². The van der Waals surface area contributed by atoms with Gasteiger partial charge in [0.2, 0.25) is 17.7 Å². The first-order valence-electron chi connectivity index (χ1n) is 14.4. The number of aromatic hydroxyl groups is 2. The third-order valence-corrected chi connectivity index (χ3v) is 7.64. The maximum Gasteiger partial charge on any atom is 0.243 e. The highest BCUT2D eigenvalue weighted by atomic mass is 16.6. The number of ether oxygens (including phenoxy) is 2. The fraction of sp³-hybridized carbons (Fsp3) is 0.484. The molecule has 2 aromatic rings. The van der Waals surface area contributed by atoms with E-state index in [4.69, 9.17) is 9.47 Å². The van der Waals surface area contributed by atoms with Gasteiger partial charge < -0.3 is 40.4 Å². The van der Waals surface area contributed by atoms with Crippen LogP contribution in [0.15, 0.2) is 48.5 Å². The summed E-state index contributed by atoms with van der Waals surface area (Å²) >= 11 is 0. The van der Waals surface area contributed by atoms with Crippen molar-refractivity contribution in [3.05, 3.63) is 59.7 Å². The number of carbonyl (C=O) groups is 4. The molecule has 0 radical (unpaired) electrons. The number of hydrogen-bond donors (Lipinski definition) is 5. The lowest BCUT2D eigenvalue weighted by Crippen LogP contribution is -2.60. The second-order valence-electron chi connectivity index (χ2n) is 11.6. The Morgan fingerprint density at radius 3 is 2.35 bits per heavy atom. The summed E-state index contributed by atoms with van der Waals surface area (Å²) in [6.07, 6.45) is 1.08. The van der Waals surface area contributed by atoms with Crippen molar-refractivity contribution in [3.63, 3.8) is 0 Å². The van der Waals surface area contributed by atoms with Crippen molar-refractivity contribution in [1.29, 1.82) is 0 Å². The summed E-state index contributed by atoms with van der Waals surface area (Å²) < 4.78 is 10.9. The quantitative estimate of drug-likeness (QED) is 0.118. The van der Waals surface area contributed by atoms with Crippen LogP contribution in [-0.4, -0.2) is 102 Å². The van der Waals surface area contributed by atoms with Gasteiger partial charge in [0.1, 0.15) is 23.9 Å². The van der Waals surface area contributed by atoms with Crippen molar-refractivity contribution >= 4 is 24.0 Å². The van der Waals surface area contributed by atoms with Gasteiger partial charge >= 0.3 is 0 Å². The van der Waals surface area contributed by atoms with Crippen molar-refractivity contribution < 1.29 is 38.9 Å². The second-order valence-corrected chi connectivity index (χ2v) is 11.6. The molecule has 2 aromatic carbocycles. The van der Waals surface area contributed by atoms with Gasteiger partial charge in [-0.15, -0.1) is 0 Å². The molecule has 2 saturated heterocycles. The number of benzene rings is 2. The molecule has 5 N–H and O–H groups in total. The maximum atomic E-state index is 13.9. The Balaban J connectivity index is 1.51. The van der Waals surface area contributed by atoms with Crippen LogP contribution in [0.2, 0.25) is 0 Å². The lowest BCUT2D eigenvalue weighted by Gasteiger charge is -2.33. The van der Waals surface area contributed by atoms with Crippen LogP contribution in [0.4, 0.5) is 0 Å². The van der Waals surface area contributed by atoms with E-state index in [0.29, 0.717) is 44.8 Å². The third-order valence-electron chi connectivity index (χ3n) is 7.64. The van der Waals surface area contributed by atoms with Gasteiger partial charge in [0.25, 0.3) is 0 Å². The standard InChI is InChI=1S/C31H40N4O8/c1-21(32-27(39)17-35-10-12-42-13-11-35)28(40)33-24(14-23-8-9-25(37)26(38)15-23)29(41)34-31(19-36,18-30(2)20-43-30)16-22-6-4-3-5-7-22/h3-9,15,19,21,24,37-38H,10-14,16-18,20H2,1-2H3,(H,32,39)(H,33,40)(H,34,41). The SMILES string of the molecule is CC(NC(=O)CN1CCOCC1)C(=O)NC(Cc1ccc(O)c(O)c1)C(=O)NC(C=O)(Cc1ccccc1)CC1(C)CO1. The molecule has 4 unspecified atom stereocenters.